The van der Waals surface area contributed by atoms with Gasteiger partial charge in [-0.05, 0) is 0 Å². The van der Waals surface area contributed by atoms with E-state index in [2.05, 4.69) is 0 Å². The SMILES string of the molecule is OO.[Ca+2].[Ca+2].[Ca+2].[H-].[H-].[H-].[H-].[H-].[H-]. The Bertz CT molecular complexity index is 15.8. The summed E-state index contributed by atoms with van der Waals surface area (Å²) >= 11 is 0. The van der Waals surface area contributed by atoms with Crippen molar-refractivity contribution in [1.29, 1.82) is 0 Å². The summed E-state index contributed by atoms with van der Waals surface area (Å²) in [5.41, 5.74) is 0. The second-order valence-electron chi connectivity index (χ2n) is 0. The molecule has 5 heavy (non-hydrogen) atoms. The Hall–Kier alpha value is 3.70. The predicted octanol–water partition coefficient (Wildman–Crippen LogP) is -0.450. The Morgan fingerprint density at radius 3 is 0.800 bits per heavy atom. The molecule has 0 radical (unpaired) electrons. The van der Waals surface area contributed by atoms with Crippen molar-refractivity contribution in [1.82, 2.24) is 0 Å². The molecule has 0 aliphatic carbocycles. The van der Waals surface area contributed by atoms with Gasteiger partial charge in [-0.15, -0.1) is 0 Å². The van der Waals surface area contributed by atoms with Gasteiger partial charge in [0.15, 0.2) is 0 Å². The van der Waals surface area contributed by atoms with E-state index in [1.807, 2.05) is 0 Å². The summed E-state index contributed by atoms with van der Waals surface area (Å²) in [4.78, 5) is 0. The molecule has 0 aromatic rings. The Morgan fingerprint density at radius 2 is 0.800 bits per heavy atom. The summed E-state index contributed by atoms with van der Waals surface area (Å²) in [5.74, 6) is 0. The fourth-order valence-electron chi connectivity index (χ4n) is 0. The van der Waals surface area contributed by atoms with Crippen molar-refractivity contribution in [2.45, 2.75) is 0 Å². The fourth-order valence-corrected chi connectivity index (χ4v) is 0. The standard InChI is InChI=1S/3Ca.H2O2.6H/c;;;1-2;;;;;;/h;;;1-2H;;;;;;/q3*+2;;6*-1. The van der Waals surface area contributed by atoms with Crippen molar-refractivity contribution in [2.24, 2.45) is 0 Å². The molecular weight excluding hydrogens is 152 g/mol. The number of rotatable bonds is 0. The monoisotopic (exact) mass is 160 g/mol. The molecule has 0 amide bonds. The smallest absolute Gasteiger partial charge is 1.00 e. The normalized spacial score (nSPS) is 1.20. The van der Waals surface area contributed by atoms with Crippen LogP contribution in [0.4, 0.5) is 0 Å². The molecule has 0 unspecified atom stereocenters. The number of hydrogen-bond donors (Lipinski definition) is 2. The molecule has 0 aromatic carbocycles. The van der Waals surface area contributed by atoms with Gasteiger partial charge in [0.25, 0.3) is 0 Å². The zero-order valence-corrected chi connectivity index (χ0v) is 9.64. The molecule has 0 heterocycles. The first-order chi connectivity index (χ1) is 1.00. The Balaban J connectivity index is -0.000000000139. The maximum atomic E-state index is 6.00. The van der Waals surface area contributed by atoms with Crippen LogP contribution in [0, 0.1) is 0 Å². The van der Waals surface area contributed by atoms with Crippen LogP contribution in [0.2, 0.25) is 0 Å². The Morgan fingerprint density at radius 1 is 0.800 bits per heavy atom. The summed E-state index contributed by atoms with van der Waals surface area (Å²) in [6.45, 7) is 0. The van der Waals surface area contributed by atoms with Crippen molar-refractivity contribution in [3.05, 3.63) is 0 Å². The van der Waals surface area contributed by atoms with E-state index in [9.17, 15) is 0 Å². The zero-order chi connectivity index (χ0) is 2.00. The van der Waals surface area contributed by atoms with Crippen molar-refractivity contribution in [3.8, 4) is 0 Å². The van der Waals surface area contributed by atoms with Crippen LogP contribution in [0.3, 0.4) is 0 Å². The molecule has 2 N–H and O–H groups in total. The molecule has 5 heteroatoms. The Labute approximate surface area is 129 Å². The number of hydrogen-bond acceptors (Lipinski definition) is 2. The third kappa shape index (κ3) is 18.3. The van der Waals surface area contributed by atoms with Crippen molar-refractivity contribution >= 4 is 113 Å². The van der Waals surface area contributed by atoms with Crippen LogP contribution in [-0.2, 0) is 0 Å². The zero-order valence-electron chi connectivity index (χ0n) is 9.02. The van der Waals surface area contributed by atoms with E-state index >= 15 is 0 Å². The summed E-state index contributed by atoms with van der Waals surface area (Å²) in [6.07, 6.45) is 0. The molecule has 0 rings (SSSR count). The first-order valence-electron chi connectivity index (χ1n) is 0.200. The van der Waals surface area contributed by atoms with E-state index in [-0.39, 0.29) is 122 Å². The Kier molecular flexibility index (Phi) is 118. The molecule has 26 valence electrons. The van der Waals surface area contributed by atoms with Gasteiger partial charge in [-0.1, -0.05) is 0 Å². The summed E-state index contributed by atoms with van der Waals surface area (Å²) in [5, 5.41) is 12.0. The van der Waals surface area contributed by atoms with Gasteiger partial charge < -0.3 is 8.56 Å². The van der Waals surface area contributed by atoms with E-state index in [0.29, 0.717) is 0 Å². The fraction of sp³-hybridized carbons (Fsp3) is 0. The second-order valence-corrected chi connectivity index (χ2v) is 0. The van der Waals surface area contributed by atoms with Gasteiger partial charge in [0.05, 0.1) is 0 Å². The topological polar surface area (TPSA) is 40.5 Å². The van der Waals surface area contributed by atoms with E-state index in [1.54, 1.807) is 0 Å². The van der Waals surface area contributed by atoms with Crippen molar-refractivity contribution in [2.75, 3.05) is 0 Å². The maximum Gasteiger partial charge on any atom is 2.00 e. The quantitative estimate of drug-likeness (QED) is 0.286. The van der Waals surface area contributed by atoms with Gasteiger partial charge in [0, 0.05) is 0 Å². The van der Waals surface area contributed by atoms with Crippen molar-refractivity contribution < 1.29 is 19.1 Å². The second kappa shape index (κ2) is 25.3. The van der Waals surface area contributed by atoms with Gasteiger partial charge in [-0.2, -0.15) is 0 Å². The molecular formula is H8Ca3O2. The van der Waals surface area contributed by atoms with Gasteiger partial charge in [-0.25, -0.2) is 0 Å². The minimum atomic E-state index is 0. The largest absolute Gasteiger partial charge is 2.00 e. The molecule has 0 atom stereocenters. The molecule has 0 spiro atoms. The van der Waals surface area contributed by atoms with Crippen molar-refractivity contribution in [3.63, 3.8) is 0 Å². The summed E-state index contributed by atoms with van der Waals surface area (Å²) in [6, 6.07) is 0. The van der Waals surface area contributed by atoms with Crippen LogP contribution in [0.25, 0.3) is 0 Å². The van der Waals surface area contributed by atoms with E-state index in [4.69, 9.17) is 10.5 Å². The maximum absolute atomic E-state index is 6.00. The molecule has 0 bridgehead atoms. The summed E-state index contributed by atoms with van der Waals surface area (Å²) in [7, 11) is 0. The van der Waals surface area contributed by atoms with Crippen LogP contribution in [-0.4, -0.2) is 124 Å². The molecule has 0 fully saturated rings. The average molecular weight is 160 g/mol. The van der Waals surface area contributed by atoms with E-state index in [0.717, 1.165) is 0 Å². The van der Waals surface area contributed by atoms with Crippen LogP contribution < -0.4 is 0 Å². The van der Waals surface area contributed by atoms with Crippen LogP contribution >= 0.6 is 0 Å². The van der Waals surface area contributed by atoms with Crippen LogP contribution in [0.1, 0.15) is 8.56 Å². The van der Waals surface area contributed by atoms with Gasteiger partial charge >= 0.3 is 113 Å². The minimum absolute atomic E-state index is 0. The third-order valence-electron chi connectivity index (χ3n) is 0. The molecule has 0 saturated carbocycles. The molecule has 2 nitrogen and oxygen atoms in total. The van der Waals surface area contributed by atoms with E-state index in [1.165, 1.54) is 0 Å². The molecule has 0 aliphatic rings. The first kappa shape index (κ1) is 23.4. The third-order valence-corrected chi connectivity index (χ3v) is 0. The molecule has 0 aromatic heterocycles. The van der Waals surface area contributed by atoms with Crippen LogP contribution in [0.15, 0.2) is 0 Å². The van der Waals surface area contributed by atoms with E-state index < -0.39 is 0 Å². The predicted molar refractivity (Wildman–Crippen MR) is 29.2 cm³/mol. The van der Waals surface area contributed by atoms with Gasteiger partial charge in [-0.3, -0.25) is 10.5 Å². The average Bonchev–Trinajstić information content (AvgIpc) is 1.00. The van der Waals surface area contributed by atoms with Crippen LogP contribution in [0.5, 0.6) is 0 Å². The molecule has 0 aliphatic heterocycles. The molecule has 0 saturated heterocycles. The minimum Gasteiger partial charge on any atom is -1.00 e. The first-order valence-corrected chi connectivity index (χ1v) is 0.200. The summed E-state index contributed by atoms with van der Waals surface area (Å²) < 4.78 is 0. The van der Waals surface area contributed by atoms with Gasteiger partial charge in [0.1, 0.15) is 0 Å². The van der Waals surface area contributed by atoms with Gasteiger partial charge in [0.2, 0.25) is 0 Å².